The number of benzene rings is 2. The van der Waals surface area contributed by atoms with E-state index >= 15 is 0 Å². The minimum absolute atomic E-state index is 0.107. The smallest absolute Gasteiger partial charge is 0.231 e. The maximum absolute atomic E-state index is 12.1. The van der Waals surface area contributed by atoms with Gasteiger partial charge >= 0.3 is 0 Å². The van der Waals surface area contributed by atoms with Crippen molar-refractivity contribution in [1.82, 2.24) is 5.32 Å². The van der Waals surface area contributed by atoms with Gasteiger partial charge in [0.1, 0.15) is 0 Å². The molecule has 142 valence electrons. The molecule has 0 spiro atoms. The van der Waals surface area contributed by atoms with Gasteiger partial charge in [-0.05, 0) is 36.2 Å². The lowest BCUT2D eigenvalue weighted by Crippen LogP contribution is -2.34. The summed E-state index contributed by atoms with van der Waals surface area (Å²) in [5.74, 6) is 1.01. The number of carbonyl (C=O) groups excluding carboxylic acids is 2. The summed E-state index contributed by atoms with van der Waals surface area (Å²) < 4.78 is 10.6. The second-order valence-electron chi connectivity index (χ2n) is 6.19. The van der Waals surface area contributed by atoms with Crippen molar-refractivity contribution in [3.05, 3.63) is 53.1 Å². The van der Waals surface area contributed by atoms with Crippen LogP contribution in [0.4, 0.5) is 5.69 Å². The molecule has 0 fully saturated rings. The van der Waals surface area contributed by atoms with E-state index in [1.165, 1.54) is 6.92 Å². The molecule has 0 aromatic heterocycles. The Kier molecular flexibility index (Phi) is 6.19. The average molecular weight is 389 g/mol. The SMILES string of the molecule is CC(=O)N(CCC(=O)NCCc1cccc(Cl)c1)c1ccc2c(c1)OCO2. The zero-order chi connectivity index (χ0) is 19.2. The molecule has 0 unspecified atom stereocenters. The van der Waals surface area contributed by atoms with Gasteiger partial charge in [-0.15, -0.1) is 0 Å². The number of nitrogens with zero attached hydrogens (tertiary/aromatic N) is 1. The van der Waals surface area contributed by atoms with E-state index in [1.807, 2.05) is 24.3 Å². The summed E-state index contributed by atoms with van der Waals surface area (Å²) in [5, 5.41) is 3.55. The van der Waals surface area contributed by atoms with Crippen LogP contribution in [-0.4, -0.2) is 31.7 Å². The van der Waals surface area contributed by atoms with Crippen molar-refractivity contribution in [1.29, 1.82) is 0 Å². The largest absolute Gasteiger partial charge is 0.454 e. The number of nitrogens with one attached hydrogen (secondary N) is 1. The zero-order valence-corrected chi connectivity index (χ0v) is 15.8. The summed E-state index contributed by atoms with van der Waals surface area (Å²) in [6.07, 6.45) is 0.911. The maximum Gasteiger partial charge on any atom is 0.231 e. The number of hydrogen-bond donors (Lipinski definition) is 1. The Morgan fingerprint density at radius 3 is 2.74 bits per heavy atom. The van der Waals surface area contributed by atoms with E-state index < -0.39 is 0 Å². The number of carbonyl (C=O) groups is 2. The van der Waals surface area contributed by atoms with Crippen LogP contribution in [0.5, 0.6) is 11.5 Å². The second-order valence-corrected chi connectivity index (χ2v) is 6.62. The first-order valence-corrected chi connectivity index (χ1v) is 9.09. The first kappa shape index (κ1) is 19.0. The van der Waals surface area contributed by atoms with Crippen molar-refractivity contribution < 1.29 is 19.1 Å². The van der Waals surface area contributed by atoms with E-state index in [0.717, 1.165) is 5.56 Å². The van der Waals surface area contributed by atoms with Crippen LogP contribution in [-0.2, 0) is 16.0 Å². The lowest BCUT2D eigenvalue weighted by Gasteiger charge is -2.21. The van der Waals surface area contributed by atoms with Crippen LogP contribution < -0.4 is 19.7 Å². The molecular formula is C20H21ClN2O4. The Morgan fingerprint density at radius 2 is 1.96 bits per heavy atom. The first-order valence-electron chi connectivity index (χ1n) is 8.72. The fourth-order valence-corrected chi connectivity index (χ4v) is 3.07. The Labute approximate surface area is 163 Å². The number of halogens is 1. The first-order chi connectivity index (χ1) is 13.0. The topological polar surface area (TPSA) is 67.9 Å². The third-order valence-corrected chi connectivity index (χ3v) is 4.47. The number of amides is 2. The van der Waals surface area contributed by atoms with Crippen molar-refractivity contribution in [2.45, 2.75) is 19.8 Å². The van der Waals surface area contributed by atoms with Gasteiger partial charge in [0.15, 0.2) is 11.5 Å². The van der Waals surface area contributed by atoms with Crippen LogP contribution in [0.25, 0.3) is 0 Å². The predicted octanol–water partition coefficient (Wildman–Crippen LogP) is 3.17. The maximum atomic E-state index is 12.1. The van der Waals surface area contributed by atoms with Gasteiger partial charge in [-0.3, -0.25) is 9.59 Å². The molecule has 0 atom stereocenters. The molecule has 2 aromatic carbocycles. The van der Waals surface area contributed by atoms with Gasteiger partial charge in [0.25, 0.3) is 0 Å². The predicted molar refractivity (Wildman–Crippen MR) is 103 cm³/mol. The standard InChI is InChI=1S/C20H21ClN2O4/c1-14(24)23(17-5-6-18-19(12-17)27-13-26-18)10-8-20(25)22-9-7-15-3-2-4-16(21)11-15/h2-6,11-12H,7-10,13H2,1H3,(H,22,25). The third kappa shape index (κ3) is 5.14. The van der Waals surface area contributed by atoms with Crippen LogP contribution in [0, 0.1) is 0 Å². The molecule has 1 heterocycles. The molecule has 1 aliphatic heterocycles. The number of anilines is 1. The van der Waals surface area contributed by atoms with Crippen molar-refractivity contribution in [2.75, 3.05) is 24.8 Å². The highest BCUT2D eigenvalue weighted by Crippen LogP contribution is 2.35. The van der Waals surface area contributed by atoms with Crippen LogP contribution in [0.3, 0.4) is 0 Å². The lowest BCUT2D eigenvalue weighted by atomic mass is 10.1. The van der Waals surface area contributed by atoms with Crippen LogP contribution in [0.2, 0.25) is 5.02 Å². The minimum atomic E-state index is -0.138. The Morgan fingerprint density at radius 1 is 1.15 bits per heavy atom. The molecule has 3 rings (SSSR count). The molecule has 0 bridgehead atoms. The van der Waals surface area contributed by atoms with Gasteiger partial charge in [0, 0.05) is 43.2 Å². The molecule has 6 nitrogen and oxygen atoms in total. The number of hydrogen-bond acceptors (Lipinski definition) is 4. The highest BCUT2D eigenvalue weighted by molar-refractivity contribution is 6.30. The molecule has 2 amide bonds. The quantitative estimate of drug-likeness (QED) is 0.791. The lowest BCUT2D eigenvalue weighted by molar-refractivity contribution is -0.121. The van der Waals surface area contributed by atoms with Crippen LogP contribution >= 0.6 is 11.6 Å². The normalized spacial score (nSPS) is 11.9. The monoisotopic (exact) mass is 388 g/mol. The Balaban J connectivity index is 1.50. The molecule has 7 heteroatoms. The number of fused-ring (bicyclic) bond motifs is 1. The summed E-state index contributed by atoms with van der Waals surface area (Å²) in [6, 6.07) is 12.8. The van der Waals surface area contributed by atoms with E-state index in [-0.39, 0.29) is 31.6 Å². The van der Waals surface area contributed by atoms with Gasteiger partial charge in [-0.25, -0.2) is 0 Å². The minimum Gasteiger partial charge on any atom is -0.454 e. The van der Waals surface area contributed by atoms with Gasteiger partial charge in [0.2, 0.25) is 18.6 Å². The molecule has 0 radical (unpaired) electrons. The summed E-state index contributed by atoms with van der Waals surface area (Å²) in [5.41, 5.74) is 1.74. The molecule has 27 heavy (non-hydrogen) atoms. The summed E-state index contributed by atoms with van der Waals surface area (Å²) in [4.78, 5) is 25.7. The van der Waals surface area contributed by atoms with E-state index in [0.29, 0.717) is 35.2 Å². The molecule has 0 aliphatic carbocycles. The van der Waals surface area contributed by atoms with Crippen LogP contribution in [0.1, 0.15) is 18.9 Å². The summed E-state index contributed by atoms with van der Waals surface area (Å²) in [7, 11) is 0. The average Bonchev–Trinajstić information content (AvgIpc) is 3.09. The summed E-state index contributed by atoms with van der Waals surface area (Å²) in [6.45, 7) is 2.46. The van der Waals surface area contributed by atoms with Crippen molar-refractivity contribution in [2.24, 2.45) is 0 Å². The molecule has 0 saturated heterocycles. The van der Waals surface area contributed by atoms with Crippen molar-refractivity contribution >= 4 is 29.1 Å². The molecule has 1 aliphatic rings. The highest BCUT2D eigenvalue weighted by atomic mass is 35.5. The Bertz CT molecular complexity index is 840. The van der Waals surface area contributed by atoms with Gasteiger partial charge < -0.3 is 19.7 Å². The van der Waals surface area contributed by atoms with Gasteiger partial charge in [-0.2, -0.15) is 0 Å². The Hall–Kier alpha value is -2.73. The van der Waals surface area contributed by atoms with E-state index in [9.17, 15) is 9.59 Å². The summed E-state index contributed by atoms with van der Waals surface area (Å²) >= 11 is 5.95. The molecule has 0 saturated carbocycles. The van der Waals surface area contributed by atoms with Crippen molar-refractivity contribution in [3.63, 3.8) is 0 Å². The van der Waals surface area contributed by atoms with Gasteiger partial charge in [-0.1, -0.05) is 23.7 Å². The molecule has 2 aromatic rings. The van der Waals surface area contributed by atoms with Crippen LogP contribution in [0.15, 0.2) is 42.5 Å². The highest BCUT2D eigenvalue weighted by Gasteiger charge is 2.18. The number of rotatable bonds is 7. The van der Waals surface area contributed by atoms with E-state index in [4.69, 9.17) is 21.1 Å². The fraction of sp³-hybridized carbons (Fsp3) is 0.300. The van der Waals surface area contributed by atoms with Crippen molar-refractivity contribution in [3.8, 4) is 11.5 Å². The van der Waals surface area contributed by atoms with Gasteiger partial charge in [0.05, 0.1) is 0 Å². The fourth-order valence-electron chi connectivity index (χ4n) is 2.86. The number of ether oxygens (including phenoxy) is 2. The zero-order valence-electron chi connectivity index (χ0n) is 15.0. The molecule has 1 N–H and O–H groups in total. The molecular weight excluding hydrogens is 368 g/mol. The van der Waals surface area contributed by atoms with E-state index in [2.05, 4.69) is 5.32 Å². The van der Waals surface area contributed by atoms with E-state index in [1.54, 1.807) is 23.1 Å². The second kappa shape index (κ2) is 8.77. The third-order valence-electron chi connectivity index (χ3n) is 4.24.